The minimum atomic E-state index is -1.26. The Morgan fingerprint density at radius 3 is 2.33 bits per heavy atom. The molecule has 9 heteroatoms. The number of hydrogen-bond acceptors (Lipinski definition) is 5. The van der Waals surface area contributed by atoms with Gasteiger partial charge < -0.3 is 25.4 Å². The fourth-order valence-corrected chi connectivity index (χ4v) is 1.44. The van der Waals surface area contributed by atoms with Crippen molar-refractivity contribution in [2.24, 2.45) is 0 Å². The van der Waals surface area contributed by atoms with E-state index in [4.69, 9.17) is 5.11 Å². The summed E-state index contributed by atoms with van der Waals surface area (Å²) in [5.41, 5.74) is 0. The molecule has 21 heavy (non-hydrogen) atoms. The van der Waals surface area contributed by atoms with Crippen LogP contribution in [-0.4, -0.2) is 67.2 Å². The van der Waals surface area contributed by atoms with E-state index in [-0.39, 0.29) is 31.8 Å². The van der Waals surface area contributed by atoms with Crippen molar-refractivity contribution in [1.29, 1.82) is 0 Å². The second-order valence-electron chi connectivity index (χ2n) is 4.14. The van der Waals surface area contributed by atoms with E-state index < -0.39 is 24.0 Å². The fraction of sp³-hybridized carbons (Fsp3) is 0.667. The number of aliphatic carboxylic acids is 1. The van der Waals surface area contributed by atoms with E-state index in [0.29, 0.717) is 0 Å². The zero-order valence-electron chi connectivity index (χ0n) is 12.3. The summed E-state index contributed by atoms with van der Waals surface area (Å²) in [6, 6.07) is -1.91. The number of methoxy groups -OCH3 is 1. The zero-order chi connectivity index (χ0) is 16.4. The minimum absolute atomic E-state index is 0.0920. The molecule has 0 rings (SSSR count). The van der Waals surface area contributed by atoms with Crippen LogP contribution in [-0.2, 0) is 19.1 Å². The molecule has 0 aliphatic heterocycles. The van der Waals surface area contributed by atoms with Gasteiger partial charge in [0.05, 0.1) is 7.11 Å². The molecule has 0 radical (unpaired) electrons. The topological polar surface area (TPSA) is 125 Å². The molecule has 0 fully saturated rings. The predicted molar refractivity (Wildman–Crippen MR) is 72.5 cm³/mol. The molecule has 120 valence electrons. The van der Waals surface area contributed by atoms with E-state index in [9.17, 15) is 19.2 Å². The van der Waals surface area contributed by atoms with Gasteiger partial charge in [-0.15, -0.1) is 0 Å². The van der Waals surface area contributed by atoms with Crippen molar-refractivity contribution in [3.63, 3.8) is 0 Å². The highest BCUT2D eigenvalue weighted by Gasteiger charge is 2.24. The summed E-state index contributed by atoms with van der Waals surface area (Å²) in [7, 11) is 2.63. The van der Waals surface area contributed by atoms with Crippen molar-refractivity contribution < 1.29 is 29.0 Å². The largest absolute Gasteiger partial charge is 0.480 e. The first-order valence-corrected chi connectivity index (χ1v) is 6.41. The number of ether oxygens (including phenoxy) is 1. The van der Waals surface area contributed by atoms with Gasteiger partial charge in [-0.05, 0) is 13.3 Å². The smallest absolute Gasteiger partial charge is 0.326 e. The van der Waals surface area contributed by atoms with Crippen molar-refractivity contribution in [3.05, 3.63) is 0 Å². The number of nitrogens with zero attached hydrogens (tertiary/aromatic N) is 1. The van der Waals surface area contributed by atoms with Crippen LogP contribution in [0, 0.1) is 0 Å². The molecule has 0 spiro atoms. The SMILES string of the molecule is CCN(CC(=O)NC)C(=O)N[C@@H](CCC(=O)OC)C(=O)O. The average molecular weight is 303 g/mol. The van der Waals surface area contributed by atoms with E-state index in [2.05, 4.69) is 15.4 Å². The second kappa shape index (κ2) is 9.56. The number of carbonyl (C=O) groups is 4. The summed E-state index contributed by atoms with van der Waals surface area (Å²) in [5, 5.41) is 13.7. The van der Waals surface area contributed by atoms with Gasteiger partial charge in [-0.3, -0.25) is 9.59 Å². The zero-order valence-corrected chi connectivity index (χ0v) is 12.3. The van der Waals surface area contributed by atoms with Crippen molar-refractivity contribution in [2.75, 3.05) is 27.2 Å². The lowest BCUT2D eigenvalue weighted by Crippen LogP contribution is -2.50. The number of hydrogen-bond donors (Lipinski definition) is 3. The Hall–Kier alpha value is -2.32. The van der Waals surface area contributed by atoms with E-state index in [1.807, 2.05) is 0 Å². The van der Waals surface area contributed by atoms with E-state index in [1.165, 1.54) is 14.2 Å². The van der Waals surface area contributed by atoms with Gasteiger partial charge in [0.15, 0.2) is 0 Å². The minimum Gasteiger partial charge on any atom is -0.480 e. The molecule has 0 aromatic heterocycles. The first kappa shape index (κ1) is 18.7. The maximum Gasteiger partial charge on any atom is 0.326 e. The number of nitrogens with one attached hydrogen (secondary N) is 2. The Kier molecular flexibility index (Phi) is 8.51. The molecule has 3 N–H and O–H groups in total. The van der Waals surface area contributed by atoms with Crippen LogP contribution in [0.2, 0.25) is 0 Å². The Morgan fingerprint density at radius 2 is 1.90 bits per heavy atom. The van der Waals surface area contributed by atoms with Crippen LogP contribution in [0.3, 0.4) is 0 Å². The molecule has 0 aliphatic carbocycles. The first-order chi connectivity index (χ1) is 9.85. The van der Waals surface area contributed by atoms with Gasteiger partial charge in [0.25, 0.3) is 0 Å². The summed E-state index contributed by atoms with van der Waals surface area (Å²) in [4.78, 5) is 46.4. The van der Waals surface area contributed by atoms with Crippen LogP contribution in [0.1, 0.15) is 19.8 Å². The number of carboxylic acids is 1. The maximum atomic E-state index is 11.9. The average Bonchev–Trinajstić information content (AvgIpc) is 2.47. The van der Waals surface area contributed by atoms with Crippen LogP contribution in [0.15, 0.2) is 0 Å². The molecule has 1 atom stereocenters. The van der Waals surface area contributed by atoms with Gasteiger partial charge in [0, 0.05) is 20.0 Å². The normalized spacial score (nSPS) is 11.2. The highest BCUT2D eigenvalue weighted by atomic mass is 16.5. The number of esters is 1. The molecule has 0 aliphatic rings. The summed E-state index contributed by atoms with van der Waals surface area (Å²) in [6.45, 7) is 1.72. The molecular weight excluding hydrogens is 282 g/mol. The van der Waals surface area contributed by atoms with Gasteiger partial charge >= 0.3 is 18.0 Å². The van der Waals surface area contributed by atoms with Gasteiger partial charge in [0.2, 0.25) is 5.91 Å². The number of rotatable bonds is 8. The van der Waals surface area contributed by atoms with Gasteiger partial charge in [-0.25, -0.2) is 9.59 Å². The lowest BCUT2D eigenvalue weighted by atomic mass is 10.1. The van der Waals surface area contributed by atoms with Gasteiger partial charge in [-0.2, -0.15) is 0 Å². The van der Waals surface area contributed by atoms with E-state index >= 15 is 0 Å². The fourth-order valence-electron chi connectivity index (χ4n) is 1.44. The molecule has 0 aromatic carbocycles. The third kappa shape index (κ3) is 7.14. The van der Waals surface area contributed by atoms with Crippen LogP contribution in [0.5, 0.6) is 0 Å². The highest BCUT2D eigenvalue weighted by molar-refractivity contribution is 5.86. The van der Waals surface area contributed by atoms with Gasteiger partial charge in [-0.1, -0.05) is 0 Å². The number of likely N-dealkylation sites (N-methyl/N-ethyl adjacent to an activating group) is 2. The van der Waals surface area contributed by atoms with E-state index in [1.54, 1.807) is 6.92 Å². The third-order valence-corrected chi connectivity index (χ3v) is 2.74. The standard InChI is InChI=1S/C12H21N3O6/c1-4-15(7-9(16)13-2)12(20)14-8(11(18)19)5-6-10(17)21-3/h8H,4-7H2,1-3H3,(H,13,16)(H,14,20)(H,18,19)/t8-/m0/s1. The lowest BCUT2D eigenvalue weighted by molar-refractivity contribution is -0.142. The second-order valence-corrected chi connectivity index (χ2v) is 4.14. The molecule has 0 bridgehead atoms. The predicted octanol–water partition coefficient (Wildman–Crippen LogP) is -0.830. The van der Waals surface area contributed by atoms with Crippen molar-refractivity contribution >= 4 is 23.9 Å². The van der Waals surface area contributed by atoms with Crippen LogP contribution < -0.4 is 10.6 Å². The summed E-state index contributed by atoms with van der Waals surface area (Å²) in [6.07, 6.45) is -0.222. The lowest BCUT2D eigenvalue weighted by Gasteiger charge is -2.23. The molecule has 3 amide bonds. The molecule has 9 nitrogen and oxygen atoms in total. The highest BCUT2D eigenvalue weighted by Crippen LogP contribution is 2.01. The molecule has 0 saturated carbocycles. The molecule has 0 saturated heterocycles. The van der Waals surface area contributed by atoms with Crippen molar-refractivity contribution in [1.82, 2.24) is 15.5 Å². The summed E-state index contributed by atoms with van der Waals surface area (Å²) >= 11 is 0. The Balaban J connectivity index is 4.60. The number of carbonyl (C=O) groups excluding carboxylic acids is 3. The van der Waals surface area contributed by atoms with Crippen molar-refractivity contribution in [3.8, 4) is 0 Å². The maximum absolute atomic E-state index is 11.9. The molecule has 0 aromatic rings. The number of carboxylic acid groups (broad SMARTS) is 1. The molecule has 0 heterocycles. The van der Waals surface area contributed by atoms with Crippen LogP contribution in [0.25, 0.3) is 0 Å². The summed E-state index contributed by atoms with van der Waals surface area (Å²) < 4.78 is 4.41. The quantitative estimate of drug-likeness (QED) is 0.503. The Morgan fingerprint density at radius 1 is 1.29 bits per heavy atom. The van der Waals surface area contributed by atoms with E-state index in [0.717, 1.165) is 4.90 Å². The Bertz CT molecular complexity index is 398. The third-order valence-electron chi connectivity index (χ3n) is 2.74. The number of urea groups is 1. The first-order valence-electron chi connectivity index (χ1n) is 6.41. The Labute approximate surface area is 122 Å². The van der Waals surface area contributed by atoms with Crippen molar-refractivity contribution in [2.45, 2.75) is 25.8 Å². The van der Waals surface area contributed by atoms with Crippen LogP contribution >= 0.6 is 0 Å². The number of amides is 3. The summed E-state index contributed by atoms with van der Waals surface area (Å²) in [5.74, 6) is -2.19. The molecule has 0 unspecified atom stereocenters. The molecular formula is C12H21N3O6. The van der Waals surface area contributed by atoms with Gasteiger partial charge in [0.1, 0.15) is 12.6 Å². The monoisotopic (exact) mass is 303 g/mol. The van der Waals surface area contributed by atoms with Crippen LogP contribution in [0.4, 0.5) is 4.79 Å².